The quantitative estimate of drug-likeness (QED) is 0.797. The number of carbonyl (C=O) groups excluding carboxylic acids is 1. The maximum Gasteiger partial charge on any atom is 0.258 e. The second-order valence-corrected chi connectivity index (χ2v) is 6.61. The molecule has 0 saturated heterocycles. The minimum atomic E-state index is -0.847. The lowest BCUT2D eigenvalue weighted by Gasteiger charge is -2.38. The highest BCUT2D eigenvalue weighted by atomic mass is 19.1. The Morgan fingerprint density at radius 2 is 1.92 bits per heavy atom. The van der Waals surface area contributed by atoms with Crippen LogP contribution in [0.2, 0.25) is 0 Å². The zero-order valence-electron chi connectivity index (χ0n) is 14.2. The monoisotopic (exact) mass is 361 g/mol. The van der Waals surface area contributed by atoms with Gasteiger partial charge in [-0.05, 0) is 42.9 Å². The Labute approximate surface area is 150 Å². The summed E-state index contributed by atoms with van der Waals surface area (Å²) in [6.45, 7) is -0.358. The number of nitrogens with one attached hydrogen (secondary N) is 1. The Bertz CT molecular complexity index is 748. The number of rotatable bonds is 7. The van der Waals surface area contributed by atoms with Gasteiger partial charge < -0.3 is 15.2 Å². The molecule has 1 aliphatic carbocycles. The minimum absolute atomic E-state index is 0.130. The second-order valence-electron chi connectivity index (χ2n) is 6.61. The molecular formula is C20H21F2NO3. The van der Waals surface area contributed by atoms with Crippen molar-refractivity contribution in [2.45, 2.75) is 31.4 Å². The number of hydrogen-bond acceptors (Lipinski definition) is 3. The highest BCUT2D eigenvalue weighted by Gasteiger charge is 2.34. The first-order chi connectivity index (χ1) is 12.5. The van der Waals surface area contributed by atoms with Gasteiger partial charge in [0.25, 0.3) is 5.91 Å². The Kier molecular flexibility index (Phi) is 5.83. The lowest BCUT2D eigenvalue weighted by molar-refractivity contribution is -0.125. The number of hydrogen-bond donors (Lipinski definition) is 2. The molecule has 1 unspecified atom stereocenters. The van der Waals surface area contributed by atoms with Crippen LogP contribution in [0.1, 0.15) is 18.4 Å². The maximum absolute atomic E-state index is 13.6. The van der Waals surface area contributed by atoms with Crippen molar-refractivity contribution in [3.8, 4) is 5.75 Å². The highest BCUT2D eigenvalue weighted by Crippen LogP contribution is 2.31. The molecule has 0 aliphatic heterocycles. The molecule has 1 saturated carbocycles. The number of carbonyl (C=O) groups is 1. The first-order valence-electron chi connectivity index (χ1n) is 8.60. The van der Waals surface area contributed by atoms with Crippen molar-refractivity contribution in [1.29, 1.82) is 0 Å². The molecule has 1 atom stereocenters. The Morgan fingerprint density at radius 1 is 1.19 bits per heavy atom. The average molecular weight is 361 g/mol. The minimum Gasteiger partial charge on any atom is -0.481 e. The van der Waals surface area contributed by atoms with Crippen LogP contribution >= 0.6 is 0 Å². The Hall–Kier alpha value is -2.47. The molecule has 2 aromatic carbocycles. The molecule has 2 N–H and O–H groups in total. The van der Waals surface area contributed by atoms with Crippen LogP contribution in [0.15, 0.2) is 48.5 Å². The van der Waals surface area contributed by atoms with Crippen LogP contribution in [-0.2, 0) is 11.2 Å². The van der Waals surface area contributed by atoms with Gasteiger partial charge in [0, 0.05) is 12.1 Å². The van der Waals surface area contributed by atoms with Crippen LogP contribution < -0.4 is 10.1 Å². The molecule has 0 aromatic heterocycles. The van der Waals surface area contributed by atoms with Gasteiger partial charge in [-0.1, -0.05) is 30.3 Å². The molecule has 1 aliphatic rings. The molecule has 0 spiro atoms. The van der Waals surface area contributed by atoms with E-state index in [9.17, 15) is 18.7 Å². The van der Waals surface area contributed by atoms with Gasteiger partial charge in [-0.25, -0.2) is 8.78 Å². The lowest BCUT2D eigenvalue weighted by Crippen LogP contribution is -2.49. The summed E-state index contributed by atoms with van der Waals surface area (Å²) in [5, 5.41) is 12.5. The molecule has 1 amide bonds. The second kappa shape index (κ2) is 8.27. The third-order valence-corrected chi connectivity index (χ3v) is 4.62. The normalized spacial score (nSPS) is 20.1. The predicted octanol–water partition coefficient (Wildman–Crippen LogP) is 2.84. The van der Waals surface area contributed by atoms with Crippen molar-refractivity contribution in [3.63, 3.8) is 0 Å². The molecule has 0 bridgehead atoms. The summed E-state index contributed by atoms with van der Waals surface area (Å²) in [5.74, 6) is -1.90. The van der Waals surface area contributed by atoms with Crippen molar-refractivity contribution in [3.05, 3.63) is 65.7 Å². The van der Waals surface area contributed by atoms with Crippen LogP contribution in [-0.4, -0.2) is 29.8 Å². The van der Waals surface area contributed by atoms with Crippen LogP contribution in [0, 0.1) is 17.6 Å². The molecule has 26 heavy (non-hydrogen) atoms. The molecule has 6 heteroatoms. The zero-order chi connectivity index (χ0) is 18.5. The Morgan fingerprint density at radius 3 is 2.58 bits per heavy atom. The van der Waals surface area contributed by atoms with Gasteiger partial charge in [0.1, 0.15) is 5.82 Å². The lowest BCUT2D eigenvalue weighted by atomic mass is 9.75. The predicted molar refractivity (Wildman–Crippen MR) is 92.7 cm³/mol. The molecule has 2 aromatic rings. The van der Waals surface area contributed by atoms with Crippen LogP contribution in [0.4, 0.5) is 8.78 Å². The van der Waals surface area contributed by atoms with E-state index < -0.39 is 11.6 Å². The van der Waals surface area contributed by atoms with Crippen LogP contribution in [0.5, 0.6) is 5.75 Å². The van der Waals surface area contributed by atoms with E-state index >= 15 is 0 Å². The molecule has 3 rings (SSSR count). The number of benzene rings is 2. The molecule has 0 radical (unpaired) electrons. The first kappa shape index (κ1) is 18.3. The van der Waals surface area contributed by atoms with E-state index in [4.69, 9.17) is 4.74 Å². The highest BCUT2D eigenvalue weighted by molar-refractivity contribution is 5.78. The van der Waals surface area contributed by atoms with E-state index in [1.165, 1.54) is 0 Å². The summed E-state index contributed by atoms with van der Waals surface area (Å²) in [5.41, 5.74) is 1.09. The number of halogens is 2. The van der Waals surface area contributed by atoms with Gasteiger partial charge >= 0.3 is 0 Å². The standard InChI is InChI=1S/C20H21F2NO3/c21-15-6-7-19(17(22)11-15)26-12-20(25)23-18(14-9-16(24)10-14)8-13-4-2-1-3-5-13/h1-7,11,14,16,18,24H,8-10,12H2,(H,23,25). The summed E-state index contributed by atoms with van der Waals surface area (Å²) in [7, 11) is 0. The van der Waals surface area contributed by atoms with Crippen molar-refractivity contribution >= 4 is 5.91 Å². The molecule has 4 nitrogen and oxygen atoms in total. The Balaban J connectivity index is 1.58. The summed E-state index contributed by atoms with van der Waals surface area (Å²) in [6.07, 6.45) is 1.62. The van der Waals surface area contributed by atoms with E-state index in [0.29, 0.717) is 25.3 Å². The van der Waals surface area contributed by atoms with Gasteiger partial charge in [-0.15, -0.1) is 0 Å². The molecular weight excluding hydrogens is 340 g/mol. The molecule has 1 fully saturated rings. The van der Waals surface area contributed by atoms with Gasteiger partial charge in [0.05, 0.1) is 6.10 Å². The van der Waals surface area contributed by atoms with Crippen molar-refractivity contribution in [2.24, 2.45) is 5.92 Å². The van der Waals surface area contributed by atoms with Crippen LogP contribution in [0.3, 0.4) is 0 Å². The maximum atomic E-state index is 13.6. The van der Waals surface area contributed by atoms with Crippen LogP contribution in [0.25, 0.3) is 0 Å². The summed E-state index contributed by atoms with van der Waals surface area (Å²) in [4.78, 5) is 12.2. The average Bonchev–Trinajstić information content (AvgIpc) is 2.58. The van der Waals surface area contributed by atoms with E-state index in [2.05, 4.69) is 5.32 Å². The van der Waals surface area contributed by atoms with Crippen molar-refractivity contribution in [1.82, 2.24) is 5.32 Å². The number of amides is 1. The zero-order valence-corrected chi connectivity index (χ0v) is 14.2. The van der Waals surface area contributed by atoms with Crippen molar-refractivity contribution < 1.29 is 23.4 Å². The number of ether oxygens (including phenoxy) is 1. The fourth-order valence-corrected chi connectivity index (χ4v) is 3.15. The van der Waals surface area contributed by atoms with E-state index in [-0.39, 0.29) is 36.3 Å². The van der Waals surface area contributed by atoms with Gasteiger partial charge in [0.15, 0.2) is 18.2 Å². The number of aliphatic hydroxyl groups excluding tert-OH is 1. The summed E-state index contributed by atoms with van der Waals surface area (Å²) < 4.78 is 31.6. The van der Waals surface area contributed by atoms with Gasteiger partial charge in [-0.2, -0.15) is 0 Å². The SMILES string of the molecule is O=C(COc1ccc(F)cc1F)NC(Cc1ccccc1)C1CC(O)C1. The smallest absolute Gasteiger partial charge is 0.258 e. The summed E-state index contributed by atoms with van der Waals surface area (Å²) in [6, 6.07) is 12.6. The van der Waals surface area contributed by atoms with Crippen molar-refractivity contribution in [2.75, 3.05) is 6.61 Å². The fraction of sp³-hybridized carbons (Fsp3) is 0.350. The topological polar surface area (TPSA) is 58.6 Å². The fourth-order valence-electron chi connectivity index (χ4n) is 3.15. The van der Waals surface area contributed by atoms with Gasteiger partial charge in [-0.3, -0.25) is 4.79 Å². The van der Waals surface area contributed by atoms with E-state index in [1.54, 1.807) is 0 Å². The van der Waals surface area contributed by atoms with E-state index in [0.717, 1.165) is 17.7 Å². The van der Waals surface area contributed by atoms with Gasteiger partial charge in [0.2, 0.25) is 0 Å². The molecule has 0 heterocycles. The molecule has 138 valence electrons. The first-order valence-corrected chi connectivity index (χ1v) is 8.60. The number of aliphatic hydroxyl groups is 1. The van der Waals surface area contributed by atoms with E-state index in [1.807, 2.05) is 30.3 Å². The third kappa shape index (κ3) is 4.79. The largest absolute Gasteiger partial charge is 0.481 e. The third-order valence-electron chi connectivity index (χ3n) is 4.62. The summed E-state index contributed by atoms with van der Waals surface area (Å²) >= 11 is 0.